The number of alkyl halides is 9. The Hall–Kier alpha value is -0.850. The number of nitrogens with one attached hydrogen (secondary N) is 1. The minimum absolute atomic E-state index is 0.0863. The summed E-state index contributed by atoms with van der Waals surface area (Å²) in [6, 6.07) is 0. The molecule has 24 heavy (non-hydrogen) atoms. The Morgan fingerprint density at radius 2 is 1.50 bits per heavy atom. The van der Waals surface area contributed by atoms with Crippen molar-refractivity contribution in [3.8, 4) is 0 Å². The Morgan fingerprint density at radius 3 is 1.79 bits per heavy atom. The van der Waals surface area contributed by atoms with E-state index < -0.39 is 56.3 Å². The van der Waals surface area contributed by atoms with E-state index in [9.17, 15) is 48.3 Å². The van der Waals surface area contributed by atoms with Crippen molar-refractivity contribution in [3.05, 3.63) is 0 Å². The molecule has 1 amide bonds. The topological polar surface area (TPSA) is 63.2 Å². The molecule has 0 aromatic rings. The van der Waals surface area contributed by atoms with E-state index in [-0.39, 0.29) is 6.92 Å². The van der Waals surface area contributed by atoms with E-state index in [2.05, 4.69) is 0 Å². The molecule has 144 valence electrons. The molecule has 0 fully saturated rings. The molecule has 2 atom stereocenters. The maximum atomic E-state index is 13.5. The lowest BCUT2D eigenvalue weighted by molar-refractivity contribution is -0.284. The third-order valence-electron chi connectivity index (χ3n) is 2.99. The van der Waals surface area contributed by atoms with E-state index in [0.717, 1.165) is 0 Å². The second-order valence-corrected chi connectivity index (χ2v) is 7.81. The van der Waals surface area contributed by atoms with Crippen LogP contribution in [0.1, 0.15) is 19.8 Å². The van der Waals surface area contributed by atoms with Crippen LogP contribution in [0.15, 0.2) is 0 Å². The van der Waals surface area contributed by atoms with Crippen molar-refractivity contribution >= 4 is 27.3 Å². The molecule has 0 saturated carbocycles. The molecule has 0 aromatic heterocycles. The summed E-state index contributed by atoms with van der Waals surface area (Å²) in [7, 11) is -5.66. The molecule has 14 heteroatoms. The van der Waals surface area contributed by atoms with Gasteiger partial charge in [0.1, 0.15) is 0 Å². The summed E-state index contributed by atoms with van der Waals surface area (Å²) in [5, 5.41) is -3.83. The highest BCUT2D eigenvalue weighted by molar-refractivity contribution is 7.96. The van der Waals surface area contributed by atoms with Crippen LogP contribution in [0.25, 0.3) is 0 Å². The molecular formula is C10H12ClF8NO3S. The molecule has 0 aliphatic heterocycles. The van der Waals surface area contributed by atoms with Crippen LogP contribution in [0.3, 0.4) is 0 Å². The molecule has 4 nitrogen and oxygen atoms in total. The first-order valence-electron chi connectivity index (χ1n) is 6.00. The molecule has 0 aliphatic rings. The van der Waals surface area contributed by atoms with Gasteiger partial charge < -0.3 is 5.32 Å². The predicted octanol–water partition coefficient (Wildman–Crippen LogP) is 3.01. The number of halogens is 9. The zero-order valence-electron chi connectivity index (χ0n) is 12.0. The lowest BCUT2D eigenvalue weighted by atomic mass is 10.1. The first-order valence-corrected chi connectivity index (χ1v) is 7.86. The molecule has 2 unspecified atom stereocenters. The van der Waals surface area contributed by atoms with Gasteiger partial charge >= 0.3 is 17.4 Å². The maximum absolute atomic E-state index is 13.5. The number of carbonyl (C=O) groups is 1. The zero-order valence-corrected chi connectivity index (χ0v) is 13.6. The summed E-state index contributed by atoms with van der Waals surface area (Å²) in [4.78, 5) is 11.5. The third-order valence-corrected chi connectivity index (χ3v) is 6.24. The van der Waals surface area contributed by atoms with E-state index >= 15 is 0 Å². The Morgan fingerprint density at radius 1 is 1.08 bits per heavy atom. The highest BCUT2D eigenvalue weighted by Gasteiger charge is 2.66. The predicted molar refractivity (Wildman–Crippen MR) is 67.3 cm³/mol. The van der Waals surface area contributed by atoms with Gasteiger partial charge in [0.2, 0.25) is 14.0 Å². The molecule has 0 spiro atoms. The highest BCUT2D eigenvalue weighted by atomic mass is 35.5. The van der Waals surface area contributed by atoms with E-state index in [4.69, 9.17) is 11.6 Å². The van der Waals surface area contributed by atoms with Gasteiger partial charge in [0, 0.05) is 13.5 Å². The lowest BCUT2D eigenvalue weighted by Crippen LogP contribution is -2.56. The van der Waals surface area contributed by atoms with Gasteiger partial charge in [-0.25, -0.2) is 12.8 Å². The van der Waals surface area contributed by atoms with Crippen LogP contribution in [0.4, 0.5) is 35.1 Å². The highest BCUT2D eigenvalue weighted by Crippen LogP contribution is 2.46. The summed E-state index contributed by atoms with van der Waals surface area (Å²) >= 11 is 5.22. The Kier molecular flexibility index (Phi) is 6.57. The van der Waals surface area contributed by atoms with Gasteiger partial charge in [0.15, 0.2) is 6.17 Å². The van der Waals surface area contributed by atoms with Crippen LogP contribution in [0, 0.1) is 0 Å². The molecule has 0 rings (SSSR count). The van der Waals surface area contributed by atoms with Gasteiger partial charge in [-0.1, -0.05) is 11.6 Å². The number of sulfone groups is 1. The fraction of sp³-hybridized carbons (Fsp3) is 0.900. The van der Waals surface area contributed by atoms with Crippen LogP contribution in [0.2, 0.25) is 0 Å². The fourth-order valence-corrected chi connectivity index (χ4v) is 3.52. The Bertz CT molecular complexity index is 577. The van der Waals surface area contributed by atoms with Crippen LogP contribution < -0.4 is 5.32 Å². The summed E-state index contributed by atoms with van der Waals surface area (Å²) in [5.74, 6) is -7.50. The van der Waals surface area contributed by atoms with Crippen molar-refractivity contribution in [1.82, 2.24) is 5.32 Å². The Balaban J connectivity index is 6.00. The SMILES string of the molecule is CNC(=O)C(Cl)(CCC(F)(F)C(F)(F)F)S(=O)(=O)C(F)(F)C(C)F. The minimum atomic E-state index is -6.33. The quantitative estimate of drug-likeness (QED) is 0.515. The fourth-order valence-electron chi connectivity index (χ4n) is 1.45. The normalized spacial score (nSPS) is 18.0. The van der Waals surface area contributed by atoms with Crippen molar-refractivity contribution in [1.29, 1.82) is 0 Å². The lowest BCUT2D eigenvalue weighted by Gasteiger charge is -2.31. The summed E-state index contributed by atoms with van der Waals surface area (Å²) in [5.41, 5.74) is 0. The van der Waals surface area contributed by atoms with Crippen LogP contribution in [-0.2, 0) is 14.6 Å². The average Bonchev–Trinajstić information content (AvgIpc) is 2.41. The summed E-state index contributed by atoms with van der Waals surface area (Å²) < 4.78 is 122. The van der Waals surface area contributed by atoms with Crippen molar-refractivity contribution in [2.24, 2.45) is 0 Å². The molecule has 0 heterocycles. The van der Waals surface area contributed by atoms with E-state index in [1.165, 1.54) is 5.32 Å². The van der Waals surface area contributed by atoms with Crippen LogP contribution >= 0.6 is 11.6 Å². The van der Waals surface area contributed by atoms with Crippen LogP contribution in [0.5, 0.6) is 0 Å². The van der Waals surface area contributed by atoms with Crippen molar-refractivity contribution in [3.63, 3.8) is 0 Å². The first-order chi connectivity index (χ1) is 10.4. The van der Waals surface area contributed by atoms with Gasteiger partial charge in [-0.2, -0.15) is 30.7 Å². The maximum Gasteiger partial charge on any atom is 0.453 e. The number of carbonyl (C=O) groups excluding carboxylic acids is 1. The van der Waals surface area contributed by atoms with Gasteiger partial charge in [0.25, 0.3) is 5.91 Å². The van der Waals surface area contributed by atoms with Gasteiger partial charge in [-0.05, 0) is 13.3 Å². The number of amides is 1. The molecule has 0 aromatic carbocycles. The van der Waals surface area contributed by atoms with Crippen molar-refractivity contribution in [2.45, 2.75) is 47.5 Å². The molecule has 1 N–H and O–H groups in total. The second kappa shape index (κ2) is 6.81. The van der Waals surface area contributed by atoms with E-state index in [0.29, 0.717) is 7.05 Å². The number of hydrogen-bond acceptors (Lipinski definition) is 3. The van der Waals surface area contributed by atoms with E-state index in [1.54, 1.807) is 0 Å². The zero-order chi connectivity index (χ0) is 19.8. The third kappa shape index (κ3) is 3.86. The van der Waals surface area contributed by atoms with Gasteiger partial charge in [0.05, 0.1) is 0 Å². The molecular weight excluding hydrogens is 402 g/mol. The largest absolute Gasteiger partial charge is 0.453 e. The summed E-state index contributed by atoms with van der Waals surface area (Å²) in [6.45, 7) is 0.0863. The van der Waals surface area contributed by atoms with Gasteiger partial charge in [-0.3, -0.25) is 4.79 Å². The monoisotopic (exact) mass is 413 g/mol. The van der Waals surface area contributed by atoms with Crippen LogP contribution in [-0.4, -0.2) is 49.1 Å². The second-order valence-electron chi connectivity index (χ2n) is 4.69. The first kappa shape index (κ1) is 23.1. The molecule has 0 radical (unpaired) electrons. The standard InChI is InChI=1S/C10H12ClF8NO3S/c1-5(12)9(15,16)24(22,23)7(11,6(21)20-2)3-4-8(13,14)10(17,18)19/h5H,3-4H2,1-2H3,(H,20,21). The molecule has 0 saturated heterocycles. The smallest absolute Gasteiger partial charge is 0.357 e. The van der Waals surface area contributed by atoms with Gasteiger partial charge in [-0.15, -0.1) is 0 Å². The minimum Gasteiger partial charge on any atom is -0.357 e. The molecule has 0 bridgehead atoms. The summed E-state index contributed by atoms with van der Waals surface area (Å²) in [6.07, 6.45) is -14.0. The number of hydrogen-bond donors (Lipinski definition) is 1. The average molecular weight is 414 g/mol. The Labute approximate surface area is 136 Å². The van der Waals surface area contributed by atoms with E-state index in [1.807, 2.05) is 0 Å². The van der Waals surface area contributed by atoms with Crippen molar-refractivity contribution in [2.75, 3.05) is 7.05 Å². The van der Waals surface area contributed by atoms with Crippen molar-refractivity contribution < 1.29 is 48.3 Å². The number of rotatable bonds is 7. The molecule has 0 aliphatic carbocycles.